The van der Waals surface area contributed by atoms with Gasteiger partial charge in [-0.25, -0.2) is 0 Å². The fraction of sp³-hybridized carbons (Fsp3) is 0.200. The molecule has 4 heteroatoms. The zero-order valence-corrected chi connectivity index (χ0v) is 31.2. The van der Waals surface area contributed by atoms with Crippen molar-refractivity contribution < 1.29 is 0 Å². The zero-order chi connectivity index (χ0) is 33.8. The summed E-state index contributed by atoms with van der Waals surface area (Å²) in [6.07, 6.45) is 0. The van der Waals surface area contributed by atoms with E-state index < -0.39 is 15.8 Å². The van der Waals surface area contributed by atoms with Crippen LogP contribution < -0.4 is 41.6 Å². The Morgan fingerprint density at radius 3 is 0.939 bits per heavy atom. The van der Waals surface area contributed by atoms with Crippen LogP contribution in [0.25, 0.3) is 0 Å². The number of hydrogen-bond donors (Lipinski definition) is 0. The molecule has 2 heterocycles. The van der Waals surface area contributed by atoms with Gasteiger partial charge in [-0.15, -0.1) is 0 Å². The number of benzene rings is 6. The van der Waals surface area contributed by atoms with Gasteiger partial charge < -0.3 is 9.80 Å². The Bertz CT molecular complexity index is 1900. The SMILES string of the molecule is Cc1ccc(P(c2ccc(C)cc2)c2cc(C)cc3c2N2Cc4cc(C)cc(P(c5ccc(C)cc5)c5ccc(C)cc5)c4N(C3)C2)cc1. The first-order valence-electron chi connectivity index (χ1n) is 17.4. The molecule has 6 aromatic rings. The molecule has 8 rings (SSSR count). The standard InChI is InChI=1S/C45H44N2P2/c1-30-7-15-38(16-8-30)48(39-17-9-31(2)10-18-39)42-25-34(5)23-36-27-47-29-46(44(36)42)28-37-24-35(6)26-43(45(37)47)49(40-19-11-32(3)12-20-40)41-21-13-33(4)14-22-41/h7-26H,27-29H2,1-6H3. The molecule has 2 bridgehead atoms. The summed E-state index contributed by atoms with van der Waals surface area (Å²) < 4.78 is 0. The average Bonchev–Trinajstić information content (AvgIpc) is 3.08. The minimum Gasteiger partial charge on any atom is -0.349 e. The van der Waals surface area contributed by atoms with Crippen LogP contribution in [-0.2, 0) is 13.1 Å². The Hall–Kier alpha value is -4.22. The van der Waals surface area contributed by atoms with Crippen molar-refractivity contribution in [3.05, 3.63) is 166 Å². The van der Waals surface area contributed by atoms with E-state index >= 15 is 0 Å². The van der Waals surface area contributed by atoms with E-state index in [0.29, 0.717) is 0 Å². The molecular weight excluding hydrogens is 630 g/mol. The van der Waals surface area contributed by atoms with Gasteiger partial charge in [0.25, 0.3) is 0 Å². The third kappa shape index (κ3) is 6.12. The molecule has 0 saturated heterocycles. The summed E-state index contributed by atoms with van der Waals surface area (Å²) in [5.41, 5.74) is 13.7. The van der Waals surface area contributed by atoms with E-state index in [2.05, 4.69) is 173 Å². The van der Waals surface area contributed by atoms with Gasteiger partial charge in [0, 0.05) is 23.7 Å². The van der Waals surface area contributed by atoms with Gasteiger partial charge in [-0.2, -0.15) is 0 Å². The fourth-order valence-corrected chi connectivity index (χ4v) is 12.8. The number of anilines is 2. The van der Waals surface area contributed by atoms with E-state index in [9.17, 15) is 0 Å². The molecule has 2 aliphatic rings. The van der Waals surface area contributed by atoms with Crippen molar-refractivity contribution in [3.8, 4) is 0 Å². The van der Waals surface area contributed by atoms with Crippen molar-refractivity contribution in [3.63, 3.8) is 0 Å². The third-order valence-corrected chi connectivity index (χ3v) is 14.9. The summed E-state index contributed by atoms with van der Waals surface area (Å²) in [6.45, 7) is 16.1. The lowest BCUT2D eigenvalue weighted by Gasteiger charge is -2.47. The molecule has 0 amide bonds. The molecule has 2 aliphatic heterocycles. The van der Waals surface area contributed by atoms with E-state index in [1.54, 1.807) is 0 Å². The highest BCUT2D eigenvalue weighted by molar-refractivity contribution is 7.80. The molecule has 0 unspecified atom stereocenters. The summed E-state index contributed by atoms with van der Waals surface area (Å²) in [7, 11) is -1.47. The van der Waals surface area contributed by atoms with Gasteiger partial charge in [0.15, 0.2) is 0 Å². The van der Waals surface area contributed by atoms with Crippen molar-refractivity contribution in [1.82, 2.24) is 0 Å². The van der Waals surface area contributed by atoms with Crippen LogP contribution in [0.4, 0.5) is 11.4 Å². The molecule has 2 nitrogen and oxygen atoms in total. The second-order valence-corrected chi connectivity index (χ2v) is 18.5. The van der Waals surface area contributed by atoms with Gasteiger partial charge in [-0.3, -0.25) is 0 Å². The minimum absolute atomic E-state index is 0.737. The Labute approximate surface area is 295 Å². The van der Waals surface area contributed by atoms with Gasteiger partial charge in [0.1, 0.15) is 0 Å². The molecule has 0 spiro atoms. The van der Waals surface area contributed by atoms with Gasteiger partial charge in [0.2, 0.25) is 0 Å². The third-order valence-electron chi connectivity index (χ3n) is 9.97. The van der Waals surface area contributed by atoms with Crippen LogP contribution in [0.5, 0.6) is 0 Å². The fourth-order valence-electron chi connectivity index (χ4n) is 7.63. The molecule has 6 aromatic carbocycles. The number of fused-ring (bicyclic) bond motifs is 6. The highest BCUT2D eigenvalue weighted by atomic mass is 31.1. The summed E-state index contributed by atoms with van der Waals surface area (Å²) in [5.74, 6) is 0. The van der Waals surface area contributed by atoms with Crippen molar-refractivity contribution in [2.45, 2.75) is 54.6 Å². The number of nitrogens with zero attached hydrogens (tertiary/aromatic N) is 2. The Morgan fingerprint density at radius 1 is 0.367 bits per heavy atom. The lowest BCUT2D eigenvalue weighted by molar-refractivity contribution is 0.654. The lowest BCUT2D eigenvalue weighted by atomic mass is 9.99. The molecule has 244 valence electrons. The first-order chi connectivity index (χ1) is 23.7. The molecule has 0 aromatic heterocycles. The molecular formula is C45H44N2P2. The second kappa shape index (κ2) is 12.9. The maximum atomic E-state index is 2.68. The first-order valence-corrected chi connectivity index (χ1v) is 20.0. The first kappa shape index (κ1) is 32.0. The van der Waals surface area contributed by atoms with Crippen LogP contribution in [0.3, 0.4) is 0 Å². The molecule has 49 heavy (non-hydrogen) atoms. The average molecular weight is 675 g/mol. The summed E-state index contributed by atoms with van der Waals surface area (Å²) in [6, 6.07) is 47.1. The van der Waals surface area contributed by atoms with Crippen LogP contribution in [-0.4, -0.2) is 6.67 Å². The van der Waals surface area contributed by atoms with Gasteiger partial charge in [-0.05, 0) is 113 Å². The topological polar surface area (TPSA) is 6.48 Å². The largest absolute Gasteiger partial charge is 0.349 e. The van der Waals surface area contributed by atoms with Gasteiger partial charge >= 0.3 is 0 Å². The summed E-state index contributed by atoms with van der Waals surface area (Å²) in [5, 5.41) is 8.62. The van der Waals surface area contributed by atoms with E-state index in [0.717, 1.165) is 19.8 Å². The second-order valence-electron chi connectivity index (χ2n) is 14.1. The maximum absolute atomic E-state index is 2.68. The highest BCUT2D eigenvalue weighted by Gasteiger charge is 2.36. The molecule has 0 saturated carbocycles. The van der Waals surface area contributed by atoms with Gasteiger partial charge in [-0.1, -0.05) is 131 Å². The van der Waals surface area contributed by atoms with Crippen molar-refractivity contribution in [1.29, 1.82) is 0 Å². The Morgan fingerprint density at radius 2 is 0.653 bits per heavy atom. The van der Waals surface area contributed by atoms with Crippen LogP contribution in [0.1, 0.15) is 44.5 Å². The minimum atomic E-state index is -0.737. The highest BCUT2D eigenvalue weighted by Crippen LogP contribution is 2.46. The van der Waals surface area contributed by atoms with E-state index in [1.807, 2.05) is 0 Å². The van der Waals surface area contributed by atoms with Crippen LogP contribution in [0, 0.1) is 41.5 Å². The smallest absolute Gasteiger partial charge is 0.0910 e. The molecule has 0 fully saturated rings. The molecule has 0 radical (unpaired) electrons. The number of aryl methyl sites for hydroxylation is 6. The quantitative estimate of drug-likeness (QED) is 0.164. The number of rotatable bonds is 6. The Balaban J connectivity index is 1.28. The molecule has 0 aliphatic carbocycles. The monoisotopic (exact) mass is 674 g/mol. The predicted molar refractivity (Wildman–Crippen MR) is 216 cm³/mol. The molecule has 0 N–H and O–H groups in total. The van der Waals surface area contributed by atoms with E-state index in [1.165, 1.54) is 87.7 Å². The van der Waals surface area contributed by atoms with Crippen LogP contribution in [0.15, 0.2) is 121 Å². The van der Waals surface area contributed by atoms with E-state index in [-0.39, 0.29) is 0 Å². The van der Waals surface area contributed by atoms with E-state index in [4.69, 9.17) is 0 Å². The maximum Gasteiger partial charge on any atom is 0.0910 e. The van der Waals surface area contributed by atoms with Crippen LogP contribution in [0.2, 0.25) is 0 Å². The van der Waals surface area contributed by atoms with Crippen LogP contribution >= 0.6 is 15.8 Å². The van der Waals surface area contributed by atoms with Crippen molar-refractivity contribution in [2.24, 2.45) is 0 Å². The summed E-state index contributed by atoms with van der Waals surface area (Å²) in [4.78, 5) is 5.35. The lowest BCUT2D eigenvalue weighted by Crippen LogP contribution is -2.50. The Kier molecular flexibility index (Phi) is 8.43. The van der Waals surface area contributed by atoms with Gasteiger partial charge in [0.05, 0.1) is 18.0 Å². The zero-order valence-electron chi connectivity index (χ0n) is 29.5. The van der Waals surface area contributed by atoms with Crippen molar-refractivity contribution >= 4 is 59.0 Å². The summed E-state index contributed by atoms with van der Waals surface area (Å²) >= 11 is 0. The number of hydrogen-bond acceptors (Lipinski definition) is 2. The predicted octanol–water partition coefficient (Wildman–Crippen LogP) is 8.35. The van der Waals surface area contributed by atoms with Crippen molar-refractivity contribution in [2.75, 3.05) is 16.5 Å². The molecule has 0 atom stereocenters. The normalized spacial score (nSPS) is 13.6.